The van der Waals surface area contributed by atoms with Gasteiger partial charge in [0.05, 0.1) is 0 Å². The standard InChI is InChI=1S/C19H17O3.3C4H9.Sn/c1-20-16-11-12-18(22-13-14-7-4-3-5-8-14)19-15(16)9-6-10-17(19)21-2;3*1-3-4-2;/h3-9,11-12H,13H2,1-2H3;3*1,3-4H2,2H3;. The summed E-state index contributed by atoms with van der Waals surface area (Å²) < 4.78 is 24.3. The van der Waals surface area contributed by atoms with Crippen molar-refractivity contribution in [3.63, 3.8) is 0 Å². The van der Waals surface area contributed by atoms with Crippen molar-refractivity contribution < 1.29 is 14.2 Å². The second-order valence-corrected chi connectivity index (χ2v) is 22.8. The van der Waals surface area contributed by atoms with Crippen LogP contribution in [-0.4, -0.2) is 32.6 Å². The Labute approximate surface area is 217 Å². The first-order valence-corrected chi connectivity index (χ1v) is 21.0. The zero-order valence-corrected chi connectivity index (χ0v) is 25.3. The van der Waals surface area contributed by atoms with Crippen molar-refractivity contribution in [1.29, 1.82) is 0 Å². The summed E-state index contributed by atoms with van der Waals surface area (Å²) in [6, 6.07) is 19.1. The second-order valence-electron chi connectivity index (χ2n) is 9.70. The van der Waals surface area contributed by atoms with Crippen LogP contribution in [0.2, 0.25) is 13.3 Å². The van der Waals surface area contributed by atoms with Crippen LogP contribution in [0.25, 0.3) is 10.8 Å². The third-order valence-corrected chi connectivity index (χ3v) is 22.9. The molecule has 4 heteroatoms. The molecule has 3 aromatic rings. The van der Waals surface area contributed by atoms with Crippen LogP contribution in [0.3, 0.4) is 0 Å². The van der Waals surface area contributed by atoms with E-state index in [0.717, 1.165) is 33.6 Å². The van der Waals surface area contributed by atoms with E-state index in [0.29, 0.717) is 6.61 Å². The van der Waals surface area contributed by atoms with Crippen LogP contribution >= 0.6 is 0 Å². The Morgan fingerprint density at radius 1 is 0.657 bits per heavy atom. The molecule has 190 valence electrons. The van der Waals surface area contributed by atoms with Crippen molar-refractivity contribution in [2.45, 2.75) is 79.2 Å². The number of rotatable bonds is 15. The van der Waals surface area contributed by atoms with Gasteiger partial charge in [0.1, 0.15) is 0 Å². The number of ether oxygens (including phenoxy) is 3. The van der Waals surface area contributed by atoms with Crippen molar-refractivity contribution in [1.82, 2.24) is 0 Å². The van der Waals surface area contributed by atoms with E-state index in [1.54, 1.807) is 10.7 Å². The summed E-state index contributed by atoms with van der Waals surface area (Å²) in [5, 5.41) is 2.14. The van der Waals surface area contributed by atoms with Crippen LogP contribution in [0.1, 0.15) is 64.9 Å². The van der Waals surface area contributed by atoms with E-state index in [1.807, 2.05) is 19.2 Å². The summed E-state index contributed by atoms with van der Waals surface area (Å²) in [5.41, 5.74) is 1.16. The van der Waals surface area contributed by atoms with Gasteiger partial charge >= 0.3 is 218 Å². The van der Waals surface area contributed by atoms with Crippen molar-refractivity contribution in [3.8, 4) is 17.2 Å². The molecule has 0 unspecified atom stereocenters. The summed E-state index contributed by atoms with van der Waals surface area (Å²) in [4.78, 5) is 0. The van der Waals surface area contributed by atoms with E-state index in [1.165, 1.54) is 51.8 Å². The predicted octanol–water partition coefficient (Wildman–Crippen LogP) is 8.49. The van der Waals surface area contributed by atoms with Gasteiger partial charge in [-0.05, 0) is 0 Å². The SMILES string of the molecule is CCC[CH2][Sn]([CH2]CCC)([CH2]CCC)[c]1ccc2c(OC)ccc(OCc3ccccc3)c2c1OC. The number of hydrogen-bond donors (Lipinski definition) is 0. The minimum atomic E-state index is -2.74. The van der Waals surface area contributed by atoms with Gasteiger partial charge in [0.25, 0.3) is 0 Å². The molecule has 3 rings (SSSR count). The molecular formula is C31H44O3Sn. The molecule has 0 saturated heterocycles. The summed E-state index contributed by atoms with van der Waals surface area (Å²) in [7, 11) is 3.59. The number of hydrogen-bond acceptors (Lipinski definition) is 3. The van der Waals surface area contributed by atoms with Crippen LogP contribution in [0.15, 0.2) is 54.6 Å². The average molecular weight is 583 g/mol. The molecule has 0 saturated carbocycles. The minimum absolute atomic E-state index is 0.533. The molecular weight excluding hydrogens is 539 g/mol. The maximum absolute atomic E-state index is 6.45. The van der Waals surface area contributed by atoms with E-state index in [-0.39, 0.29) is 0 Å². The van der Waals surface area contributed by atoms with Crippen LogP contribution in [0.5, 0.6) is 17.2 Å². The van der Waals surface area contributed by atoms with Gasteiger partial charge in [0.15, 0.2) is 0 Å². The van der Waals surface area contributed by atoms with Gasteiger partial charge < -0.3 is 0 Å². The number of fused-ring (bicyclic) bond motifs is 1. The van der Waals surface area contributed by atoms with E-state index >= 15 is 0 Å². The molecule has 0 aromatic heterocycles. The molecule has 0 atom stereocenters. The average Bonchev–Trinajstić information content (AvgIpc) is 2.91. The molecule has 0 aliphatic rings. The quantitative estimate of drug-likeness (QED) is 0.168. The van der Waals surface area contributed by atoms with Crippen molar-refractivity contribution in [2.24, 2.45) is 0 Å². The molecule has 0 fully saturated rings. The fraction of sp³-hybridized carbons (Fsp3) is 0.484. The zero-order chi connectivity index (χ0) is 25.1. The Bertz CT molecular complexity index is 1030. The monoisotopic (exact) mass is 584 g/mol. The van der Waals surface area contributed by atoms with Crippen LogP contribution in [0.4, 0.5) is 0 Å². The normalized spacial score (nSPS) is 11.6. The Kier molecular flexibility index (Phi) is 11.1. The van der Waals surface area contributed by atoms with Gasteiger partial charge in [-0.25, -0.2) is 0 Å². The molecule has 0 spiro atoms. The predicted molar refractivity (Wildman–Crippen MR) is 152 cm³/mol. The fourth-order valence-electron chi connectivity index (χ4n) is 5.34. The molecule has 0 amide bonds. The van der Waals surface area contributed by atoms with Crippen LogP contribution < -0.4 is 17.8 Å². The van der Waals surface area contributed by atoms with Crippen LogP contribution in [-0.2, 0) is 6.61 Å². The summed E-state index contributed by atoms with van der Waals surface area (Å²) >= 11 is -2.74. The van der Waals surface area contributed by atoms with E-state index in [2.05, 4.69) is 63.2 Å². The van der Waals surface area contributed by atoms with E-state index < -0.39 is 18.4 Å². The first-order valence-electron chi connectivity index (χ1n) is 13.5. The Balaban J connectivity index is 2.19. The number of methoxy groups -OCH3 is 2. The number of unbranched alkanes of at least 4 members (excludes halogenated alkanes) is 3. The van der Waals surface area contributed by atoms with Gasteiger partial charge in [-0.2, -0.15) is 0 Å². The van der Waals surface area contributed by atoms with Gasteiger partial charge in [0, 0.05) is 0 Å². The van der Waals surface area contributed by atoms with Crippen molar-refractivity contribution in [3.05, 3.63) is 60.2 Å². The maximum atomic E-state index is 6.45. The first kappa shape index (κ1) is 27.7. The summed E-state index contributed by atoms with van der Waals surface area (Å²) in [5.74, 6) is 2.79. The molecule has 35 heavy (non-hydrogen) atoms. The Hall–Kier alpha value is -1.88. The second kappa shape index (κ2) is 14.0. The van der Waals surface area contributed by atoms with Crippen molar-refractivity contribution in [2.75, 3.05) is 14.2 Å². The molecule has 0 heterocycles. The summed E-state index contributed by atoms with van der Waals surface area (Å²) in [6.45, 7) is 7.52. The molecule has 0 aliphatic heterocycles. The topological polar surface area (TPSA) is 27.7 Å². The zero-order valence-electron chi connectivity index (χ0n) is 22.5. The van der Waals surface area contributed by atoms with Gasteiger partial charge in [0.2, 0.25) is 0 Å². The molecule has 3 aromatic carbocycles. The first-order chi connectivity index (χ1) is 17.1. The van der Waals surface area contributed by atoms with Gasteiger partial charge in [-0.3, -0.25) is 0 Å². The van der Waals surface area contributed by atoms with Gasteiger partial charge in [-0.15, -0.1) is 0 Å². The summed E-state index contributed by atoms with van der Waals surface area (Å²) in [6.07, 6.45) is 7.73. The molecule has 0 radical (unpaired) electrons. The third-order valence-electron chi connectivity index (χ3n) is 7.31. The van der Waals surface area contributed by atoms with E-state index in [4.69, 9.17) is 14.2 Å². The van der Waals surface area contributed by atoms with Gasteiger partial charge in [-0.1, -0.05) is 0 Å². The fourth-order valence-corrected chi connectivity index (χ4v) is 21.9. The number of benzene rings is 3. The molecule has 0 bridgehead atoms. The Morgan fingerprint density at radius 2 is 1.26 bits per heavy atom. The molecule has 0 N–H and O–H groups in total. The van der Waals surface area contributed by atoms with Crippen LogP contribution in [0, 0.1) is 0 Å². The Morgan fingerprint density at radius 3 is 1.80 bits per heavy atom. The van der Waals surface area contributed by atoms with E-state index in [9.17, 15) is 0 Å². The van der Waals surface area contributed by atoms with Crippen molar-refractivity contribution >= 4 is 32.7 Å². The third kappa shape index (κ3) is 6.66. The molecule has 3 nitrogen and oxygen atoms in total. The molecule has 0 aliphatic carbocycles.